The largest absolute Gasteiger partial charge is 0.494 e. The highest BCUT2D eigenvalue weighted by molar-refractivity contribution is 5.29. The lowest BCUT2D eigenvalue weighted by molar-refractivity contribution is 0.190. The summed E-state index contributed by atoms with van der Waals surface area (Å²) >= 11 is 0. The van der Waals surface area contributed by atoms with Crippen LogP contribution in [0.1, 0.15) is 24.3 Å². The molecule has 0 aliphatic heterocycles. The maximum Gasteiger partial charge on any atom is 0.165 e. The molecule has 0 saturated carbocycles. The van der Waals surface area contributed by atoms with E-state index in [1.807, 2.05) is 29.0 Å². The molecule has 96 valence electrons. The number of ether oxygens (including phenoxy) is 1. The standard InChI is InChI=1S/C14H16FNO2/c1-10(17)13-4-3-7-16(13)9-11-5-6-14(18-2)12(15)8-11/h3-8,10,17H,9H2,1-2H3. The lowest BCUT2D eigenvalue weighted by atomic mass is 10.2. The van der Waals surface area contributed by atoms with Crippen LogP contribution in [0.25, 0.3) is 0 Å². The van der Waals surface area contributed by atoms with E-state index >= 15 is 0 Å². The zero-order valence-electron chi connectivity index (χ0n) is 10.4. The van der Waals surface area contributed by atoms with E-state index in [0.29, 0.717) is 6.54 Å². The van der Waals surface area contributed by atoms with Crippen LogP contribution in [-0.2, 0) is 6.54 Å². The van der Waals surface area contributed by atoms with E-state index in [1.165, 1.54) is 13.2 Å². The Morgan fingerprint density at radius 1 is 1.39 bits per heavy atom. The Morgan fingerprint density at radius 3 is 2.78 bits per heavy atom. The van der Waals surface area contributed by atoms with Crippen LogP contribution in [0.4, 0.5) is 4.39 Å². The molecule has 2 aromatic rings. The molecule has 0 bridgehead atoms. The van der Waals surface area contributed by atoms with Gasteiger partial charge in [0.1, 0.15) is 0 Å². The van der Waals surface area contributed by atoms with Gasteiger partial charge in [-0.25, -0.2) is 4.39 Å². The summed E-state index contributed by atoms with van der Waals surface area (Å²) < 4.78 is 20.3. The van der Waals surface area contributed by atoms with Crippen molar-refractivity contribution in [3.8, 4) is 5.75 Å². The van der Waals surface area contributed by atoms with E-state index in [4.69, 9.17) is 4.74 Å². The van der Waals surface area contributed by atoms with E-state index in [-0.39, 0.29) is 11.6 Å². The normalized spacial score (nSPS) is 12.4. The first-order chi connectivity index (χ1) is 8.61. The number of rotatable bonds is 4. The van der Waals surface area contributed by atoms with Gasteiger partial charge < -0.3 is 14.4 Å². The maximum absolute atomic E-state index is 13.6. The molecule has 0 saturated heterocycles. The highest BCUT2D eigenvalue weighted by Gasteiger charge is 2.08. The molecular weight excluding hydrogens is 233 g/mol. The maximum atomic E-state index is 13.6. The Balaban J connectivity index is 2.23. The summed E-state index contributed by atoms with van der Waals surface area (Å²) in [5.74, 6) is -0.136. The van der Waals surface area contributed by atoms with Crippen LogP contribution in [0, 0.1) is 5.82 Å². The first kappa shape index (κ1) is 12.6. The molecule has 1 unspecified atom stereocenters. The highest BCUT2D eigenvalue weighted by atomic mass is 19.1. The monoisotopic (exact) mass is 249 g/mol. The zero-order valence-corrected chi connectivity index (χ0v) is 10.4. The van der Waals surface area contributed by atoms with Gasteiger partial charge in [-0.2, -0.15) is 0 Å². The number of nitrogens with zero attached hydrogens (tertiary/aromatic N) is 1. The quantitative estimate of drug-likeness (QED) is 0.904. The molecule has 4 heteroatoms. The third-order valence-electron chi connectivity index (χ3n) is 2.86. The predicted octanol–water partition coefficient (Wildman–Crippen LogP) is 2.74. The Labute approximate surface area is 105 Å². The smallest absolute Gasteiger partial charge is 0.165 e. The molecule has 3 nitrogen and oxygen atoms in total. The van der Waals surface area contributed by atoms with Crippen molar-refractivity contribution in [2.75, 3.05) is 7.11 Å². The second-order valence-electron chi connectivity index (χ2n) is 4.21. The van der Waals surface area contributed by atoms with Crippen molar-refractivity contribution in [1.29, 1.82) is 0 Å². The molecule has 0 spiro atoms. The summed E-state index contributed by atoms with van der Waals surface area (Å²) in [4.78, 5) is 0. The number of hydrogen-bond donors (Lipinski definition) is 1. The molecule has 1 atom stereocenters. The molecule has 1 aromatic heterocycles. The van der Waals surface area contributed by atoms with Gasteiger partial charge in [-0.15, -0.1) is 0 Å². The van der Waals surface area contributed by atoms with E-state index in [2.05, 4.69) is 0 Å². The molecule has 0 fully saturated rings. The Bertz CT molecular complexity index is 534. The van der Waals surface area contributed by atoms with Crippen LogP contribution in [-0.4, -0.2) is 16.8 Å². The summed E-state index contributed by atoms with van der Waals surface area (Å²) in [5.41, 5.74) is 1.64. The van der Waals surface area contributed by atoms with Crippen molar-refractivity contribution in [2.45, 2.75) is 19.6 Å². The van der Waals surface area contributed by atoms with Gasteiger partial charge in [0, 0.05) is 18.4 Å². The predicted molar refractivity (Wildman–Crippen MR) is 67.1 cm³/mol. The minimum atomic E-state index is -0.539. The fraction of sp³-hybridized carbons (Fsp3) is 0.286. The minimum Gasteiger partial charge on any atom is -0.494 e. The van der Waals surface area contributed by atoms with Gasteiger partial charge in [0.05, 0.1) is 13.2 Å². The van der Waals surface area contributed by atoms with E-state index < -0.39 is 6.10 Å². The average Bonchev–Trinajstić information content (AvgIpc) is 2.77. The van der Waals surface area contributed by atoms with Crippen molar-refractivity contribution in [3.05, 3.63) is 53.6 Å². The summed E-state index contributed by atoms with van der Waals surface area (Å²) in [6, 6.07) is 8.58. The van der Waals surface area contributed by atoms with Crippen molar-refractivity contribution in [2.24, 2.45) is 0 Å². The number of benzene rings is 1. The number of aromatic nitrogens is 1. The first-order valence-corrected chi connectivity index (χ1v) is 5.77. The number of hydrogen-bond acceptors (Lipinski definition) is 2. The van der Waals surface area contributed by atoms with E-state index in [9.17, 15) is 9.50 Å². The van der Waals surface area contributed by atoms with Crippen LogP contribution < -0.4 is 4.74 Å². The number of aliphatic hydroxyl groups is 1. The summed E-state index contributed by atoms with van der Waals surface area (Å²) in [6.07, 6.45) is 1.33. The first-order valence-electron chi connectivity index (χ1n) is 5.77. The Kier molecular flexibility index (Phi) is 3.67. The number of methoxy groups -OCH3 is 1. The van der Waals surface area contributed by atoms with Crippen molar-refractivity contribution in [3.63, 3.8) is 0 Å². The van der Waals surface area contributed by atoms with Crippen LogP contribution in [0.5, 0.6) is 5.75 Å². The van der Waals surface area contributed by atoms with Crippen LogP contribution in [0.2, 0.25) is 0 Å². The molecule has 1 aromatic carbocycles. The van der Waals surface area contributed by atoms with Gasteiger partial charge in [-0.3, -0.25) is 0 Å². The van der Waals surface area contributed by atoms with Crippen LogP contribution >= 0.6 is 0 Å². The molecule has 2 rings (SSSR count). The molecule has 0 aliphatic carbocycles. The Morgan fingerprint density at radius 2 is 2.17 bits per heavy atom. The van der Waals surface area contributed by atoms with E-state index in [1.54, 1.807) is 13.0 Å². The van der Waals surface area contributed by atoms with Gasteiger partial charge in [0.15, 0.2) is 11.6 Å². The molecule has 0 amide bonds. The van der Waals surface area contributed by atoms with Gasteiger partial charge in [0.2, 0.25) is 0 Å². The lowest BCUT2D eigenvalue weighted by Gasteiger charge is -2.12. The molecule has 18 heavy (non-hydrogen) atoms. The third-order valence-corrected chi connectivity index (χ3v) is 2.86. The molecule has 0 radical (unpaired) electrons. The molecule has 0 aliphatic rings. The van der Waals surface area contributed by atoms with Crippen molar-refractivity contribution >= 4 is 0 Å². The zero-order chi connectivity index (χ0) is 13.1. The second kappa shape index (κ2) is 5.23. The van der Waals surface area contributed by atoms with Gasteiger partial charge in [-0.05, 0) is 36.8 Å². The molecule has 1 heterocycles. The number of aliphatic hydroxyl groups excluding tert-OH is 1. The third kappa shape index (κ3) is 2.54. The number of halogens is 1. The van der Waals surface area contributed by atoms with Crippen molar-refractivity contribution in [1.82, 2.24) is 4.57 Å². The van der Waals surface area contributed by atoms with Gasteiger partial charge >= 0.3 is 0 Å². The average molecular weight is 249 g/mol. The van der Waals surface area contributed by atoms with Gasteiger partial charge in [-0.1, -0.05) is 6.07 Å². The fourth-order valence-corrected chi connectivity index (χ4v) is 1.96. The molecule has 1 N–H and O–H groups in total. The fourth-order valence-electron chi connectivity index (χ4n) is 1.96. The summed E-state index contributed by atoms with van der Waals surface area (Å²) in [5, 5.41) is 9.59. The van der Waals surface area contributed by atoms with Crippen LogP contribution in [0.15, 0.2) is 36.5 Å². The summed E-state index contributed by atoms with van der Waals surface area (Å²) in [6.45, 7) is 2.23. The van der Waals surface area contributed by atoms with Crippen molar-refractivity contribution < 1.29 is 14.2 Å². The SMILES string of the molecule is COc1ccc(Cn2cccc2C(C)O)cc1F. The summed E-state index contributed by atoms with van der Waals surface area (Å²) in [7, 11) is 1.44. The van der Waals surface area contributed by atoms with Gasteiger partial charge in [0.25, 0.3) is 0 Å². The topological polar surface area (TPSA) is 34.4 Å². The minimum absolute atomic E-state index is 0.238. The highest BCUT2D eigenvalue weighted by Crippen LogP contribution is 2.20. The van der Waals surface area contributed by atoms with E-state index in [0.717, 1.165) is 11.3 Å². The Hall–Kier alpha value is -1.81. The molecular formula is C14H16FNO2. The lowest BCUT2D eigenvalue weighted by Crippen LogP contribution is -2.06. The van der Waals surface area contributed by atoms with Crippen LogP contribution in [0.3, 0.4) is 0 Å². The second-order valence-corrected chi connectivity index (χ2v) is 4.21.